The molecule has 14 heavy (non-hydrogen) atoms. The Morgan fingerprint density at radius 3 is 2.57 bits per heavy atom. The van der Waals surface area contributed by atoms with E-state index in [1.165, 1.54) is 6.92 Å². The zero-order valence-electron chi connectivity index (χ0n) is 8.34. The second-order valence-electron chi connectivity index (χ2n) is 2.81. The fraction of sp³-hybridized carbons (Fsp3) is 0.750. The topological polar surface area (TPSA) is 93.5 Å². The molecule has 0 radical (unpaired) electrons. The summed E-state index contributed by atoms with van der Waals surface area (Å²) in [6.07, 6.45) is 0.978. The molecule has 0 spiro atoms. The number of hydrogen-bond donors (Lipinski definition) is 3. The number of carbonyl (C=O) groups is 2. The molecule has 0 unspecified atom stereocenters. The van der Waals surface area contributed by atoms with E-state index in [0.717, 1.165) is 0 Å². The van der Waals surface area contributed by atoms with Crippen molar-refractivity contribution in [1.82, 2.24) is 10.6 Å². The second-order valence-corrected chi connectivity index (χ2v) is 2.81. The number of rotatable bonds is 7. The molecule has 0 aliphatic carbocycles. The Bertz CT molecular complexity index is 185. The molecule has 0 atom stereocenters. The highest BCUT2D eigenvalue weighted by molar-refractivity contribution is 5.77. The van der Waals surface area contributed by atoms with Gasteiger partial charge in [-0.3, -0.25) is 9.59 Å². The molecule has 0 aromatic rings. The summed E-state index contributed by atoms with van der Waals surface area (Å²) >= 11 is 0. The Labute approximate surface area is 83.1 Å². The molecular weight excluding hydrogens is 186 g/mol. The van der Waals surface area contributed by atoms with Crippen LogP contribution in [0.25, 0.3) is 0 Å². The molecule has 4 N–H and O–H groups in total. The summed E-state index contributed by atoms with van der Waals surface area (Å²) in [6.45, 7) is 2.74. The minimum absolute atomic E-state index is 0.0872. The summed E-state index contributed by atoms with van der Waals surface area (Å²) in [5.41, 5.74) is 0. The highest BCUT2D eigenvalue weighted by Gasteiger charge is 2.00. The standard InChI is InChI=1S/C8H17N3O3/c1-7(12)10-5-3-8(13)11-4-2-6-14-9/h2-6,9H2,1H3,(H,10,12)(H,11,13). The molecule has 0 heterocycles. The van der Waals surface area contributed by atoms with Gasteiger partial charge in [-0.1, -0.05) is 0 Å². The fourth-order valence-corrected chi connectivity index (χ4v) is 0.824. The van der Waals surface area contributed by atoms with E-state index in [1.807, 2.05) is 0 Å². The lowest BCUT2D eigenvalue weighted by Crippen LogP contribution is -2.30. The molecule has 82 valence electrons. The highest BCUT2D eigenvalue weighted by Crippen LogP contribution is 1.80. The van der Waals surface area contributed by atoms with Gasteiger partial charge in [0.2, 0.25) is 11.8 Å². The molecule has 0 rings (SSSR count). The first-order valence-corrected chi connectivity index (χ1v) is 4.49. The van der Waals surface area contributed by atoms with Crippen LogP contribution >= 0.6 is 0 Å². The monoisotopic (exact) mass is 203 g/mol. The largest absolute Gasteiger partial charge is 0.356 e. The SMILES string of the molecule is CC(=O)NCCC(=O)NCCCON. The third kappa shape index (κ3) is 8.95. The zero-order chi connectivity index (χ0) is 10.8. The van der Waals surface area contributed by atoms with Gasteiger partial charge in [0.25, 0.3) is 0 Å². The van der Waals surface area contributed by atoms with E-state index >= 15 is 0 Å². The van der Waals surface area contributed by atoms with Crippen molar-refractivity contribution < 1.29 is 14.4 Å². The van der Waals surface area contributed by atoms with Gasteiger partial charge in [-0.2, -0.15) is 0 Å². The van der Waals surface area contributed by atoms with Gasteiger partial charge in [-0.05, 0) is 6.42 Å². The maximum absolute atomic E-state index is 11.1. The van der Waals surface area contributed by atoms with Gasteiger partial charge in [0.1, 0.15) is 0 Å². The highest BCUT2D eigenvalue weighted by atomic mass is 16.6. The van der Waals surface area contributed by atoms with Gasteiger partial charge < -0.3 is 15.5 Å². The number of carbonyl (C=O) groups excluding carboxylic acids is 2. The van der Waals surface area contributed by atoms with Gasteiger partial charge >= 0.3 is 0 Å². The smallest absolute Gasteiger partial charge is 0.221 e. The molecule has 0 bridgehead atoms. The van der Waals surface area contributed by atoms with Gasteiger partial charge in [-0.25, -0.2) is 5.90 Å². The lowest BCUT2D eigenvalue weighted by Gasteiger charge is -2.04. The Hall–Kier alpha value is -1.14. The Kier molecular flexibility index (Phi) is 7.77. The van der Waals surface area contributed by atoms with Gasteiger partial charge in [0, 0.05) is 26.4 Å². The van der Waals surface area contributed by atoms with E-state index in [9.17, 15) is 9.59 Å². The Morgan fingerprint density at radius 1 is 1.29 bits per heavy atom. The minimum atomic E-state index is -0.130. The van der Waals surface area contributed by atoms with Crippen LogP contribution in [0.1, 0.15) is 19.8 Å². The average molecular weight is 203 g/mol. The van der Waals surface area contributed by atoms with Crippen LogP contribution in [0.15, 0.2) is 0 Å². The summed E-state index contributed by atoms with van der Waals surface area (Å²) in [5.74, 6) is 4.58. The van der Waals surface area contributed by atoms with E-state index < -0.39 is 0 Å². The molecule has 0 aliphatic rings. The van der Waals surface area contributed by atoms with E-state index in [4.69, 9.17) is 5.90 Å². The molecule has 0 aromatic heterocycles. The van der Waals surface area contributed by atoms with E-state index in [1.54, 1.807) is 0 Å². The van der Waals surface area contributed by atoms with Crippen molar-refractivity contribution in [2.24, 2.45) is 5.90 Å². The number of nitrogens with two attached hydrogens (primary N) is 1. The lowest BCUT2D eigenvalue weighted by molar-refractivity contribution is -0.121. The number of hydrogen-bond acceptors (Lipinski definition) is 4. The normalized spacial score (nSPS) is 9.57. The summed E-state index contributed by atoms with van der Waals surface area (Å²) in [6, 6.07) is 0. The van der Waals surface area contributed by atoms with Crippen molar-refractivity contribution in [3.05, 3.63) is 0 Å². The van der Waals surface area contributed by atoms with Crippen LogP contribution in [0.4, 0.5) is 0 Å². The van der Waals surface area contributed by atoms with E-state index in [2.05, 4.69) is 15.5 Å². The van der Waals surface area contributed by atoms with Crippen molar-refractivity contribution >= 4 is 11.8 Å². The van der Waals surface area contributed by atoms with Crippen molar-refractivity contribution in [2.45, 2.75) is 19.8 Å². The molecule has 0 saturated carbocycles. The third-order valence-corrected chi connectivity index (χ3v) is 1.49. The number of amides is 2. The average Bonchev–Trinajstić information content (AvgIpc) is 2.12. The van der Waals surface area contributed by atoms with Gasteiger partial charge in [0.05, 0.1) is 6.61 Å². The predicted molar refractivity (Wildman–Crippen MR) is 51.1 cm³/mol. The van der Waals surface area contributed by atoms with Crippen molar-refractivity contribution in [1.29, 1.82) is 0 Å². The quantitative estimate of drug-likeness (QED) is 0.362. The van der Waals surface area contributed by atoms with Crippen LogP contribution < -0.4 is 16.5 Å². The second kappa shape index (κ2) is 8.46. The van der Waals surface area contributed by atoms with Crippen LogP contribution in [-0.2, 0) is 14.4 Å². The molecule has 0 aliphatic heterocycles. The zero-order valence-corrected chi connectivity index (χ0v) is 8.34. The minimum Gasteiger partial charge on any atom is -0.356 e. The first-order chi connectivity index (χ1) is 6.66. The van der Waals surface area contributed by atoms with E-state index in [-0.39, 0.29) is 11.8 Å². The molecule has 0 saturated heterocycles. The van der Waals surface area contributed by atoms with Crippen LogP contribution in [0.3, 0.4) is 0 Å². The van der Waals surface area contributed by atoms with Gasteiger partial charge in [-0.15, -0.1) is 0 Å². The first-order valence-electron chi connectivity index (χ1n) is 4.49. The molecule has 2 amide bonds. The first kappa shape index (κ1) is 12.9. The maximum Gasteiger partial charge on any atom is 0.221 e. The third-order valence-electron chi connectivity index (χ3n) is 1.49. The summed E-state index contributed by atoms with van der Waals surface area (Å²) in [7, 11) is 0. The molecule has 0 fully saturated rings. The lowest BCUT2D eigenvalue weighted by atomic mass is 10.3. The summed E-state index contributed by atoms with van der Waals surface area (Å²) in [5, 5.41) is 5.20. The van der Waals surface area contributed by atoms with Crippen molar-refractivity contribution in [2.75, 3.05) is 19.7 Å². The Morgan fingerprint density at radius 2 is 2.00 bits per heavy atom. The molecular formula is C8H17N3O3. The fourth-order valence-electron chi connectivity index (χ4n) is 0.824. The number of nitrogens with one attached hydrogen (secondary N) is 2. The van der Waals surface area contributed by atoms with Gasteiger partial charge in [0.15, 0.2) is 0 Å². The van der Waals surface area contributed by atoms with Crippen LogP contribution in [0, 0.1) is 0 Å². The van der Waals surface area contributed by atoms with Crippen LogP contribution in [-0.4, -0.2) is 31.5 Å². The molecule has 0 aromatic carbocycles. The van der Waals surface area contributed by atoms with Crippen LogP contribution in [0.2, 0.25) is 0 Å². The summed E-state index contributed by atoms with van der Waals surface area (Å²) in [4.78, 5) is 25.8. The molecule has 6 heteroatoms. The van der Waals surface area contributed by atoms with Crippen LogP contribution in [0.5, 0.6) is 0 Å². The summed E-state index contributed by atoms with van der Waals surface area (Å²) < 4.78 is 0. The Balaban J connectivity index is 3.24. The molecule has 6 nitrogen and oxygen atoms in total. The maximum atomic E-state index is 11.1. The van der Waals surface area contributed by atoms with E-state index in [0.29, 0.717) is 32.5 Å². The van der Waals surface area contributed by atoms with Crippen molar-refractivity contribution in [3.63, 3.8) is 0 Å². The predicted octanol–water partition coefficient (Wildman–Crippen LogP) is -1.09. The van der Waals surface area contributed by atoms with Crippen molar-refractivity contribution in [3.8, 4) is 0 Å².